The number of aliphatic hydroxyl groups excluding tert-OH is 1. The number of nitrogens with zero attached hydrogens (tertiary/aromatic N) is 2. The molecule has 0 radical (unpaired) electrons. The van der Waals surface area contributed by atoms with Crippen molar-refractivity contribution in [1.29, 1.82) is 0 Å². The van der Waals surface area contributed by atoms with Crippen LogP contribution >= 0.6 is 11.6 Å². The van der Waals surface area contributed by atoms with Crippen molar-refractivity contribution in [2.24, 2.45) is 11.8 Å². The average Bonchev–Trinajstić information content (AvgIpc) is 3.80. The van der Waals surface area contributed by atoms with E-state index in [2.05, 4.69) is 18.5 Å². The minimum Gasteiger partial charge on any atom is -0.455 e. The highest BCUT2D eigenvalue weighted by atomic mass is 35.5. The van der Waals surface area contributed by atoms with Crippen molar-refractivity contribution in [3.63, 3.8) is 0 Å². The topological polar surface area (TPSA) is 125 Å². The van der Waals surface area contributed by atoms with Gasteiger partial charge in [-0.1, -0.05) is 96.5 Å². The zero-order valence-corrected chi connectivity index (χ0v) is 29.9. The highest BCUT2D eigenvalue weighted by molar-refractivity contribution is 6.34. The molecule has 2 N–H and O–H groups in total. The molecule has 1 spiro atoms. The molecule has 3 amide bonds. The van der Waals surface area contributed by atoms with E-state index in [9.17, 15) is 19.5 Å². The van der Waals surface area contributed by atoms with Crippen LogP contribution in [0.3, 0.4) is 0 Å². The Balaban J connectivity index is 1.39. The van der Waals surface area contributed by atoms with E-state index in [0.717, 1.165) is 5.56 Å². The summed E-state index contributed by atoms with van der Waals surface area (Å²) in [6.07, 6.45) is 3.21. The van der Waals surface area contributed by atoms with Gasteiger partial charge in [-0.3, -0.25) is 19.2 Å². The maximum absolute atomic E-state index is 15.1. The first-order valence-electron chi connectivity index (χ1n) is 17.6. The second-order valence-corrected chi connectivity index (χ2v) is 13.9. The Morgan fingerprint density at radius 2 is 1.75 bits per heavy atom. The van der Waals surface area contributed by atoms with Crippen LogP contribution in [-0.4, -0.2) is 71.1 Å². The quantitative estimate of drug-likeness (QED) is 0.153. The van der Waals surface area contributed by atoms with Gasteiger partial charge in [-0.05, 0) is 48.9 Å². The van der Waals surface area contributed by atoms with Gasteiger partial charge in [0.2, 0.25) is 11.8 Å². The van der Waals surface area contributed by atoms with Crippen LogP contribution in [0.2, 0.25) is 5.02 Å². The fraction of sp³-hybridized carbons (Fsp3) is 0.366. The summed E-state index contributed by atoms with van der Waals surface area (Å²) in [6.45, 7) is 9.03. The minimum absolute atomic E-state index is 0.0231. The molecule has 3 aromatic rings. The Hall–Kier alpha value is -4.77. The molecule has 11 heteroatoms. The highest BCUT2D eigenvalue weighted by Gasteiger charge is 2.76. The molecule has 272 valence electrons. The first-order chi connectivity index (χ1) is 25.2. The van der Waals surface area contributed by atoms with Crippen molar-refractivity contribution in [3.05, 3.63) is 126 Å². The van der Waals surface area contributed by atoms with Crippen LogP contribution in [0, 0.1) is 18.8 Å². The van der Waals surface area contributed by atoms with E-state index in [0.29, 0.717) is 41.1 Å². The van der Waals surface area contributed by atoms with Gasteiger partial charge in [0, 0.05) is 13.0 Å². The van der Waals surface area contributed by atoms with Crippen molar-refractivity contribution >= 4 is 41.0 Å². The third-order valence-corrected chi connectivity index (χ3v) is 10.8. The van der Waals surface area contributed by atoms with Gasteiger partial charge in [0.25, 0.3) is 5.91 Å². The third-order valence-electron chi connectivity index (χ3n) is 10.5. The number of anilines is 1. The van der Waals surface area contributed by atoms with E-state index in [1.54, 1.807) is 60.7 Å². The van der Waals surface area contributed by atoms with Crippen molar-refractivity contribution in [1.82, 2.24) is 10.2 Å². The van der Waals surface area contributed by atoms with Crippen molar-refractivity contribution in [2.45, 2.75) is 62.5 Å². The summed E-state index contributed by atoms with van der Waals surface area (Å²) in [5.41, 5.74) is 1.13. The van der Waals surface area contributed by atoms with E-state index >= 15 is 4.79 Å². The number of allylic oxidation sites excluding steroid dienone is 1. The number of aryl methyl sites for hydroxylation is 1. The van der Waals surface area contributed by atoms with Gasteiger partial charge in [-0.15, -0.1) is 13.2 Å². The number of carbonyl (C=O) groups excluding carboxylic acids is 4. The number of nitrogens with one attached hydrogen (secondary N) is 1. The van der Waals surface area contributed by atoms with E-state index < -0.39 is 66.1 Å². The van der Waals surface area contributed by atoms with E-state index in [1.165, 1.54) is 9.80 Å². The van der Waals surface area contributed by atoms with Crippen LogP contribution in [-0.2, 0) is 28.7 Å². The minimum atomic E-state index is -1.39. The van der Waals surface area contributed by atoms with E-state index in [-0.39, 0.29) is 25.4 Å². The van der Waals surface area contributed by atoms with Crippen LogP contribution in [0.5, 0.6) is 0 Å². The largest absolute Gasteiger partial charge is 0.455 e. The van der Waals surface area contributed by atoms with Crippen LogP contribution in [0.15, 0.2) is 104 Å². The van der Waals surface area contributed by atoms with Gasteiger partial charge in [-0.2, -0.15) is 0 Å². The number of amides is 3. The first-order valence-corrected chi connectivity index (χ1v) is 18.0. The van der Waals surface area contributed by atoms with Crippen LogP contribution in [0.4, 0.5) is 5.69 Å². The van der Waals surface area contributed by atoms with Crippen molar-refractivity contribution < 1.29 is 33.8 Å². The zero-order chi connectivity index (χ0) is 37.0. The summed E-state index contributed by atoms with van der Waals surface area (Å²) in [6, 6.07) is 21.3. The molecule has 3 aromatic carbocycles. The first kappa shape index (κ1) is 37.0. The summed E-state index contributed by atoms with van der Waals surface area (Å²) in [5.74, 6) is -3.90. The number of para-hydroxylation sites is 1. The number of likely N-dealkylation sites (tertiary alicyclic amines) is 1. The molecule has 52 heavy (non-hydrogen) atoms. The fourth-order valence-electron chi connectivity index (χ4n) is 8.18. The molecule has 3 aliphatic rings. The predicted octanol–water partition coefficient (Wildman–Crippen LogP) is 5.64. The number of hydrogen-bond donors (Lipinski definition) is 2. The summed E-state index contributed by atoms with van der Waals surface area (Å²) in [7, 11) is 0. The number of esters is 1. The van der Waals surface area contributed by atoms with Crippen LogP contribution in [0.25, 0.3) is 0 Å². The van der Waals surface area contributed by atoms with Gasteiger partial charge >= 0.3 is 5.97 Å². The monoisotopic (exact) mass is 725 g/mol. The summed E-state index contributed by atoms with van der Waals surface area (Å²) < 4.78 is 12.9. The molecule has 0 aromatic heterocycles. The lowest BCUT2D eigenvalue weighted by Crippen LogP contribution is -2.57. The van der Waals surface area contributed by atoms with Gasteiger partial charge < -0.3 is 29.7 Å². The summed E-state index contributed by atoms with van der Waals surface area (Å²) in [4.78, 5) is 59.9. The Bertz CT molecular complexity index is 1800. The lowest BCUT2D eigenvalue weighted by Gasteiger charge is -2.39. The number of benzene rings is 3. The average molecular weight is 726 g/mol. The Labute approximate surface area is 309 Å². The molecule has 10 nitrogen and oxygen atoms in total. The van der Waals surface area contributed by atoms with Gasteiger partial charge in [0.05, 0.1) is 47.8 Å². The number of hydrogen-bond acceptors (Lipinski definition) is 7. The highest BCUT2D eigenvalue weighted by Crippen LogP contribution is 2.60. The van der Waals surface area contributed by atoms with Crippen LogP contribution in [0.1, 0.15) is 54.5 Å². The second-order valence-electron chi connectivity index (χ2n) is 13.5. The molecule has 6 rings (SSSR count). The summed E-state index contributed by atoms with van der Waals surface area (Å²) in [5, 5.41) is 14.1. The Morgan fingerprint density at radius 1 is 1.06 bits per heavy atom. The number of ether oxygens (including phenoxy) is 2. The number of aliphatic hydroxyl groups is 1. The number of fused-ring (bicyclic) bond motifs is 1. The number of carbonyl (C=O) groups is 4. The van der Waals surface area contributed by atoms with E-state index in [4.69, 9.17) is 21.1 Å². The fourth-order valence-corrected chi connectivity index (χ4v) is 8.50. The molecule has 3 fully saturated rings. The van der Waals surface area contributed by atoms with Gasteiger partial charge in [-0.25, -0.2) is 0 Å². The van der Waals surface area contributed by atoms with Crippen molar-refractivity contribution in [2.75, 3.05) is 24.6 Å². The molecular weight excluding hydrogens is 682 g/mol. The molecule has 0 saturated carbocycles. The van der Waals surface area contributed by atoms with Crippen LogP contribution < -0.4 is 10.2 Å². The lowest BCUT2D eigenvalue weighted by atomic mass is 9.70. The normalized spacial score (nSPS) is 24.1. The predicted molar refractivity (Wildman–Crippen MR) is 197 cm³/mol. The zero-order valence-electron chi connectivity index (χ0n) is 29.2. The number of rotatable bonds is 15. The maximum Gasteiger partial charge on any atom is 0.313 e. The molecular formula is C41H44ClN3O7. The van der Waals surface area contributed by atoms with Gasteiger partial charge in [0.1, 0.15) is 17.7 Å². The number of halogens is 1. The Morgan fingerprint density at radius 3 is 2.38 bits per heavy atom. The molecule has 0 aliphatic carbocycles. The Kier molecular flexibility index (Phi) is 11.3. The molecule has 0 unspecified atom stereocenters. The second kappa shape index (κ2) is 15.9. The molecule has 7 atom stereocenters. The SMILES string of the molecule is C=CCCC(=O)NC[C@@H](OC(=O)[C@@H]1[C@@H]2CC[C@]3(O2)[C@H](C(=O)N(CC=C)c2c(C)cccc2Cl)N([C@H](CO)c2ccccc2)C(=O)[C@@H]13)c1ccccc1. The molecule has 3 heterocycles. The summed E-state index contributed by atoms with van der Waals surface area (Å²) >= 11 is 6.71. The smallest absolute Gasteiger partial charge is 0.313 e. The molecule has 3 aliphatic heterocycles. The van der Waals surface area contributed by atoms with E-state index in [1.807, 2.05) is 37.3 Å². The maximum atomic E-state index is 15.1. The molecule has 3 saturated heterocycles. The standard InChI is InChI=1S/C41H44ClN3O7/c1-4-6-20-33(47)43-24-32(28-17-11-8-12-18-28)51-40(50)34-31-21-22-41(52-31)35(34)38(48)45(30(25-46)27-15-9-7-10-16-27)37(41)39(49)44(23-5-2)36-26(3)14-13-19-29(36)42/h4-5,7-19,30-32,34-35,37,46H,1-2,6,20-25H2,3H3,(H,43,47)/t30-,31+,32-,34-,35-,37+,41-/m1/s1. The lowest BCUT2D eigenvalue weighted by molar-refractivity contribution is -0.161. The third kappa shape index (κ3) is 6.78. The molecule has 2 bridgehead atoms. The van der Waals surface area contributed by atoms with Crippen molar-refractivity contribution in [3.8, 4) is 0 Å². The van der Waals surface area contributed by atoms with Gasteiger partial charge in [0.15, 0.2) is 0 Å².